The predicted octanol–water partition coefficient (Wildman–Crippen LogP) is 3.42. The Bertz CT molecular complexity index is 271. The fourth-order valence-electron chi connectivity index (χ4n) is 2.72. The Hall–Kier alpha value is -0.610. The molecule has 0 aromatic heterocycles. The van der Waals surface area contributed by atoms with Crippen LogP contribution >= 0.6 is 0 Å². The average Bonchev–Trinajstić information content (AvgIpc) is 2.49. The molecule has 0 spiro atoms. The predicted molar refractivity (Wildman–Crippen MR) is 87.3 cm³/mol. The van der Waals surface area contributed by atoms with Crippen LogP contribution in [-0.2, 0) is 9.53 Å². The number of aliphatic hydroxyl groups is 1. The molecule has 4 heteroatoms. The Balaban J connectivity index is 4.55. The van der Waals surface area contributed by atoms with E-state index in [-0.39, 0.29) is 18.1 Å². The van der Waals surface area contributed by atoms with Crippen LogP contribution in [0.1, 0.15) is 78.6 Å². The highest BCUT2D eigenvalue weighted by Gasteiger charge is 2.30. The van der Waals surface area contributed by atoms with E-state index < -0.39 is 6.04 Å². The SMILES string of the molecule is CCCCCCC(C)(CCCCC)N[C@@H](CO)C(=O)OC. The molecule has 2 atom stereocenters. The summed E-state index contributed by atoms with van der Waals surface area (Å²) in [7, 11) is 1.36. The van der Waals surface area contributed by atoms with Crippen molar-refractivity contribution in [3.8, 4) is 0 Å². The maximum atomic E-state index is 11.7. The lowest BCUT2D eigenvalue weighted by atomic mass is 9.87. The fraction of sp³-hybridized carbons (Fsp3) is 0.941. The van der Waals surface area contributed by atoms with E-state index in [2.05, 4.69) is 26.1 Å². The van der Waals surface area contributed by atoms with Crippen molar-refractivity contribution in [1.82, 2.24) is 5.32 Å². The second-order valence-electron chi connectivity index (χ2n) is 6.23. The molecule has 0 saturated heterocycles. The van der Waals surface area contributed by atoms with Gasteiger partial charge in [0.05, 0.1) is 13.7 Å². The molecule has 0 aliphatic carbocycles. The average molecular weight is 301 g/mol. The van der Waals surface area contributed by atoms with Gasteiger partial charge in [-0.1, -0.05) is 58.8 Å². The standard InChI is InChI=1S/C17H35NO3/c1-5-7-9-11-13-17(3,12-10-8-6-2)18-15(14-19)16(20)21-4/h15,18-19H,5-14H2,1-4H3/t15-,17?/m0/s1. The van der Waals surface area contributed by atoms with Crippen molar-refractivity contribution in [2.45, 2.75) is 90.1 Å². The monoisotopic (exact) mass is 301 g/mol. The Kier molecular flexibility index (Phi) is 11.6. The molecule has 0 aliphatic heterocycles. The lowest BCUT2D eigenvalue weighted by Gasteiger charge is -2.34. The van der Waals surface area contributed by atoms with Crippen molar-refractivity contribution in [2.24, 2.45) is 0 Å². The normalized spacial score (nSPS) is 15.5. The van der Waals surface area contributed by atoms with Gasteiger partial charge < -0.3 is 9.84 Å². The Morgan fingerprint density at radius 3 is 2.10 bits per heavy atom. The molecular weight excluding hydrogens is 266 g/mol. The van der Waals surface area contributed by atoms with Crippen molar-refractivity contribution in [2.75, 3.05) is 13.7 Å². The van der Waals surface area contributed by atoms with Gasteiger partial charge in [0.25, 0.3) is 0 Å². The second-order valence-corrected chi connectivity index (χ2v) is 6.23. The largest absolute Gasteiger partial charge is 0.468 e. The third-order valence-corrected chi connectivity index (χ3v) is 4.11. The quantitative estimate of drug-likeness (QED) is 0.404. The molecule has 0 bridgehead atoms. The van der Waals surface area contributed by atoms with Gasteiger partial charge in [-0.25, -0.2) is 0 Å². The maximum Gasteiger partial charge on any atom is 0.325 e. The second kappa shape index (κ2) is 12.0. The van der Waals surface area contributed by atoms with E-state index in [9.17, 15) is 9.90 Å². The summed E-state index contributed by atoms with van der Waals surface area (Å²) in [5.41, 5.74) is -0.107. The van der Waals surface area contributed by atoms with Gasteiger partial charge in [0.2, 0.25) is 0 Å². The van der Waals surface area contributed by atoms with Gasteiger partial charge in [-0.15, -0.1) is 0 Å². The third-order valence-electron chi connectivity index (χ3n) is 4.11. The van der Waals surface area contributed by atoms with E-state index in [1.54, 1.807) is 0 Å². The number of nitrogens with one attached hydrogen (secondary N) is 1. The molecule has 1 unspecified atom stereocenters. The van der Waals surface area contributed by atoms with Gasteiger partial charge in [0.15, 0.2) is 0 Å². The molecule has 0 rings (SSSR count). The lowest BCUT2D eigenvalue weighted by molar-refractivity contribution is -0.145. The van der Waals surface area contributed by atoms with Crippen molar-refractivity contribution < 1.29 is 14.6 Å². The topological polar surface area (TPSA) is 58.6 Å². The molecule has 126 valence electrons. The van der Waals surface area contributed by atoms with Gasteiger partial charge in [-0.2, -0.15) is 0 Å². The lowest BCUT2D eigenvalue weighted by Crippen LogP contribution is -2.53. The van der Waals surface area contributed by atoms with Gasteiger partial charge in [-0.05, 0) is 19.8 Å². The van der Waals surface area contributed by atoms with Gasteiger partial charge >= 0.3 is 5.97 Å². The number of ether oxygens (including phenoxy) is 1. The van der Waals surface area contributed by atoms with E-state index in [0.29, 0.717) is 0 Å². The summed E-state index contributed by atoms with van der Waals surface area (Å²) >= 11 is 0. The summed E-state index contributed by atoms with van der Waals surface area (Å²) < 4.78 is 4.76. The van der Waals surface area contributed by atoms with Crippen LogP contribution in [0.4, 0.5) is 0 Å². The number of esters is 1. The minimum absolute atomic E-state index is 0.107. The number of methoxy groups -OCH3 is 1. The molecule has 0 aliphatic rings. The van der Waals surface area contributed by atoms with Crippen LogP contribution < -0.4 is 5.32 Å². The molecule has 0 aromatic rings. The minimum Gasteiger partial charge on any atom is -0.468 e. The first-order valence-corrected chi connectivity index (χ1v) is 8.49. The van der Waals surface area contributed by atoms with Crippen LogP contribution in [0.3, 0.4) is 0 Å². The van der Waals surface area contributed by atoms with Crippen LogP contribution in [0.15, 0.2) is 0 Å². The molecule has 0 amide bonds. The number of carbonyl (C=O) groups is 1. The van der Waals surface area contributed by atoms with E-state index in [0.717, 1.165) is 25.7 Å². The molecule has 0 radical (unpaired) electrons. The summed E-state index contributed by atoms with van der Waals surface area (Å²) in [4.78, 5) is 11.7. The first kappa shape index (κ1) is 20.4. The number of hydrogen-bond acceptors (Lipinski definition) is 4. The van der Waals surface area contributed by atoms with Crippen molar-refractivity contribution in [3.05, 3.63) is 0 Å². The molecule has 2 N–H and O–H groups in total. The van der Waals surface area contributed by atoms with Crippen LogP contribution in [0.25, 0.3) is 0 Å². The molecule has 0 saturated carbocycles. The van der Waals surface area contributed by atoms with Gasteiger partial charge in [-0.3, -0.25) is 10.1 Å². The fourth-order valence-corrected chi connectivity index (χ4v) is 2.72. The molecule has 0 fully saturated rings. The van der Waals surface area contributed by atoms with E-state index >= 15 is 0 Å². The highest BCUT2D eigenvalue weighted by atomic mass is 16.5. The highest BCUT2D eigenvalue weighted by molar-refractivity contribution is 5.75. The van der Waals surface area contributed by atoms with E-state index in [4.69, 9.17) is 4.74 Å². The maximum absolute atomic E-state index is 11.7. The first-order chi connectivity index (χ1) is 10.0. The van der Waals surface area contributed by atoms with Crippen LogP contribution in [-0.4, -0.2) is 36.4 Å². The van der Waals surface area contributed by atoms with Gasteiger partial charge in [0.1, 0.15) is 6.04 Å². The minimum atomic E-state index is -0.618. The van der Waals surface area contributed by atoms with Crippen LogP contribution in [0.2, 0.25) is 0 Å². The summed E-state index contributed by atoms with van der Waals surface area (Å²) in [5, 5.41) is 12.8. The zero-order valence-corrected chi connectivity index (χ0v) is 14.4. The zero-order chi connectivity index (χ0) is 16.1. The van der Waals surface area contributed by atoms with Crippen molar-refractivity contribution in [1.29, 1.82) is 0 Å². The number of carbonyl (C=O) groups excluding carboxylic acids is 1. The summed E-state index contributed by atoms with van der Waals surface area (Å²) in [5.74, 6) is -0.382. The Morgan fingerprint density at radius 1 is 1.10 bits per heavy atom. The van der Waals surface area contributed by atoms with Crippen molar-refractivity contribution >= 4 is 5.97 Å². The molecular formula is C17H35NO3. The molecule has 0 heterocycles. The number of rotatable bonds is 13. The van der Waals surface area contributed by atoms with Crippen LogP contribution in [0, 0.1) is 0 Å². The Morgan fingerprint density at radius 2 is 1.62 bits per heavy atom. The van der Waals surface area contributed by atoms with Crippen molar-refractivity contribution in [3.63, 3.8) is 0 Å². The summed E-state index contributed by atoms with van der Waals surface area (Å²) in [6.45, 7) is 6.35. The summed E-state index contributed by atoms with van der Waals surface area (Å²) in [6, 6.07) is -0.618. The molecule has 4 nitrogen and oxygen atoms in total. The molecule has 0 aromatic carbocycles. The van der Waals surface area contributed by atoms with Gasteiger partial charge in [0, 0.05) is 5.54 Å². The van der Waals surface area contributed by atoms with Crippen LogP contribution in [0.5, 0.6) is 0 Å². The van der Waals surface area contributed by atoms with E-state index in [1.165, 1.54) is 39.2 Å². The number of aliphatic hydroxyl groups excluding tert-OH is 1. The number of unbranched alkanes of at least 4 members (excludes halogenated alkanes) is 5. The zero-order valence-electron chi connectivity index (χ0n) is 14.4. The first-order valence-electron chi connectivity index (χ1n) is 8.49. The number of hydrogen-bond donors (Lipinski definition) is 2. The molecule has 21 heavy (non-hydrogen) atoms. The smallest absolute Gasteiger partial charge is 0.325 e. The highest BCUT2D eigenvalue weighted by Crippen LogP contribution is 2.23. The summed E-state index contributed by atoms with van der Waals surface area (Å²) in [6.07, 6.45) is 10.5. The third kappa shape index (κ3) is 9.10. The Labute approximate surface area is 130 Å². The van der Waals surface area contributed by atoms with E-state index in [1.807, 2.05) is 0 Å².